The van der Waals surface area contributed by atoms with Crippen molar-refractivity contribution < 1.29 is 51.4 Å². The van der Waals surface area contributed by atoms with Crippen LogP contribution in [-0.2, 0) is 0 Å². The summed E-state index contributed by atoms with van der Waals surface area (Å²) in [7, 11) is 0. The van der Waals surface area contributed by atoms with E-state index < -0.39 is 0 Å². The molecule has 0 nitrogen and oxygen atoms in total. The molecule has 2 rings (SSSR count). The van der Waals surface area contributed by atoms with Gasteiger partial charge in [-0.2, -0.15) is 23.6 Å². The van der Waals surface area contributed by atoms with Crippen LogP contribution in [0.1, 0.15) is 33.3 Å². The summed E-state index contributed by atoms with van der Waals surface area (Å²) < 4.78 is 0. The van der Waals surface area contributed by atoms with Crippen LogP contribution in [0.25, 0.3) is 0 Å². The van der Waals surface area contributed by atoms with Gasteiger partial charge < -0.3 is 0 Å². The van der Waals surface area contributed by atoms with Crippen molar-refractivity contribution in [3.8, 4) is 0 Å². The van der Waals surface area contributed by atoms with Gasteiger partial charge in [-0.1, -0.05) is 45.6 Å². The minimum absolute atomic E-state index is 0. The molecule has 1 saturated carbocycles. The summed E-state index contributed by atoms with van der Waals surface area (Å²) in [5.41, 5.74) is 1.45. The molecule has 4 atom stereocenters. The quantitative estimate of drug-likeness (QED) is 0.511. The minimum atomic E-state index is 0. The summed E-state index contributed by atoms with van der Waals surface area (Å²) in [5.74, 6) is 4.76. The molecular formula is C15H21K. The number of rotatable bonds is 1. The summed E-state index contributed by atoms with van der Waals surface area (Å²) >= 11 is 0. The van der Waals surface area contributed by atoms with E-state index >= 15 is 0 Å². The first kappa shape index (κ1) is 14.8. The number of hydrogen-bond acceptors (Lipinski definition) is 0. The van der Waals surface area contributed by atoms with Crippen molar-refractivity contribution in [2.75, 3.05) is 0 Å². The second-order valence-electron chi connectivity index (χ2n) is 5.12. The first-order valence-electron chi connectivity index (χ1n) is 6.05. The van der Waals surface area contributed by atoms with Gasteiger partial charge in [0.05, 0.1) is 0 Å². The summed E-state index contributed by atoms with van der Waals surface area (Å²) in [6.45, 7) is 9.55. The Hall–Kier alpha value is 0.726. The molecule has 0 N–H and O–H groups in total. The van der Waals surface area contributed by atoms with Gasteiger partial charge in [0.25, 0.3) is 0 Å². The summed E-state index contributed by atoms with van der Waals surface area (Å²) in [6.07, 6.45) is 0. The van der Waals surface area contributed by atoms with Gasteiger partial charge in [0.1, 0.15) is 0 Å². The molecule has 1 heteroatoms. The average Bonchev–Trinajstić information content (AvgIpc) is 2.45. The van der Waals surface area contributed by atoms with E-state index in [9.17, 15) is 0 Å². The van der Waals surface area contributed by atoms with E-state index in [1.807, 2.05) is 0 Å². The summed E-state index contributed by atoms with van der Waals surface area (Å²) in [6, 6.07) is 10.9. The normalized spacial score (nSPS) is 33.6. The Bertz CT molecular complexity index is 305. The van der Waals surface area contributed by atoms with Gasteiger partial charge in [-0.3, -0.25) is 0 Å². The zero-order valence-electron chi connectivity index (χ0n) is 11.2. The van der Waals surface area contributed by atoms with E-state index in [0.717, 1.165) is 23.7 Å². The molecule has 0 heterocycles. The van der Waals surface area contributed by atoms with Gasteiger partial charge >= 0.3 is 51.4 Å². The maximum absolute atomic E-state index is 2.39. The fourth-order valence-corrected chi connectivity index (χ4v) is 3.05. The maximum atomic E-state index is 2.39. The Labute approximate surface area is 143 Å². The summed E-state index contributed by atoms with van der Waals surface area (Å²) in [4.78, 5) is 0. The molecule has 1 aromatic carbocycles. The fourth-order valence-electron chi connectivity index (χ4n) is 3.05. The zero-order chi connectivity index (χ0) is 11.0. The van der Waals surface area contributed by atoms with Crippen LogP contribution >= 0.6 is 0 Å². The zero-order valence-corrected chi connectivity index (χ0v) is 14.3. The smallest absolute Gasteiger partial charge is 0.188 e. The molecule has 0 spiro atoms. The third-order valence-corrected chi connectivity index (χ3v) is 4.49. The SMILES string of the molecule is CC1[C-](c2ccccc2)C(C)C(C)C1C.[K+]. The van der Waals surface area contributed by atoms with Crippen LogP contribution in [0, 0.1) is 29.6 Å². The molecule has 1 fully saturated rings. The van der Waals surface area contributed by atoms with E-state index in [2.05, 4.69) is 58.0 Å². The second kappa shape index (κ2) is 6.06. The third kappa shape index (κ3) is 2.59. The molecule has 82 valence electrons. The predicted octanol–water partition coefficient (Wildman–Crippen LogP) is 1.17. The molecule has 1 aromatic rings. The van der Waals surface area contributed by atoms with Crippen molar-refractivity contribution in [1.82, 2.24) is 0 Å². The predicted molar refractivity (Wildman–Crippen MR) is 65.4 cm³/mol. The van der Waals surface area contributed by atoms with Gasteiger partial charge in [0.15, 0.2) is 0 Å². The average molecular weight is 240 g/mol. The van der Waals surface area contributed by atoms with Crippen molar-refractivity contribution in [3.05, 3.63) is 41.8 Å². The van der Waals surface area contributed by atoms with Gasteiger partial charge in [-0.25, -0.2) is 0 Å². The topological polar surface area (TPSA) is 0 Å². The Morgan fingerprint density at radius 1 is 0.812 bits per heavy atom. The van der Waals surface area contributed by atoms with Crippen molar-refractivity contribution in [3.63, 3.8) is 0 Å². The molecule has 0 aliphatic heterocycles. The van der Waals surface area contributed by atoms with Crippen molar-refractivity contribution in [2.45, 2.75) is 27.7 Å². The van der Waals surface area contributed by atoms with Crippen molar-refractivity contribution in [2.24, 2.45) is 23.7 Å². The van der Waals surface area contributed by atoms with Crippen LogP contribution in [0.5, 0.6) is 0 Å². The first-order chi connectivity index (χ1) is 7.13. The Morgan fingerprint density at radius 2 is 1.25 bits per heavy atom. The van der Waals surface area contributed by atoms with Gasteiger partial charge in [0, 0.05) is 0 Å². The third-order valence-electron chi connectivity index (χ3n) is 4.49. The number of benzene rings is 1. The van der Waals surface area contributed by atoms with Crippen LogP contribution in [-0.4, -0.2) is 0 Å². The molecule has 0 radical (unpaired) electrons. The van der Waals surface area contributed by atoms with E-state index in [4.69, 9.17) is 0 Å². The molecule has 1 aliphatic rings. The van der Waals surface area contributed by atoms with Crippen LogP contribution in [0.3, 0.4) is 0 Å². The van der Waals surface area contributed by atoms with E-state index in [1.54, 1.807) is 5.92 Å². The molecule has 4 unspecified atom stereocenters. The van der Waals surface area contributed by atoms with E-state index in [1.165, 1.54) is 5.56 Å². The van der Waals surface area contributed by atoms with Gasteiger partial charge in [0.2, 0.25) is 0 Å². The molecule has 1 aliphatic carbocycles. The molecule has 0 aromatic heterocycles. The molecular weight excluding hydrogens is 219 g/mol. The van der Waals surface area contributed by atoms with Gasteiger partial charge in [-0.15, -0.1) is 12.1 Å². The number of hydrogen-bond donors (Lipinski definition) is 0. The Kier molecular flexibility index (Phi) is 5.60. The molecule has 16 heavy (non-hydrogen) atoms. The van der Waals surface area contributed by atoms with Crippen molar-refractivity contribution >= 4 is 0 Å². The first-order valence-corrected chi connectivity index (χ1v) is 6.05. The maximum Gasteiger partial charge on any atom is 1.00 e. The fraction of sp³-hybridized carbons (Fsp3) is 0.533. The molecule has 0 bridgehead atoms. The largest absolute Gasteiger partial charge is 1.00 e. The van der Waals surface area contributed by atoms with Crippen LogP contribution in [0.2, 0.25) is 0 Å². The minimum Gasteiger partial charge on any atom is -0.188 e. The van der Waals surface area contributed by atoms with Gasteiger partial charge in [-0.05, 0) is 11.8 Å². The van der Waals surface area contributed by atoms with Crippen molar-refractivity contribution in [1.29, 1.82) is 0 Å². The monoisotopic (exact) mass is 240 g/mol. The van der Waals surface area contributed by atoms with E-state index in [0.29, 0.717) is 0 Å². The molecule has 0 saturated heterocycles. The standard InChI is InChI=1S/C15H21.K/c1-10-11(2)13(4)15(12(10)3)14-8-6-5-7-9-14;/h5-13H,1-4H3;/q-1;+1. The molecule has 0 amide bonds. The Balaban J connectivity index is 0.00000128. The van der Waals surface area contributed by atoms with Crippen LogP contribution < -0.4 is 51.4 Å². The Morgan fingerprint density at radius 3 is 1.69 bits per heavy atom. The van der Waals surface area contributed by atoms with Crippen LogP contribution in [0.15, 0.2) is 30.3 Å². The second-order valence-corrected chi connectivity index (χ2v) is 5.12. The van der Waals surface area contributed by atoms with Crippen LogP contribution in [0.4, 0.5) is 0 Å². The summed E-state index contributed by atoms with van der Waals surface area (Å²) in [5, 5.41) is 0. The van der Waals surface area contributed by atoms with E-state index in [-0.39, 0.29) is 51.4 Å².